The number of rotatable bonds is 6. The number of thiazole rings is 1. The van der Waals surface area contributed by atoms with Gasteiger partial charge in [0.1, 0.15) is 0 Å². The minimum absolute atomic E-state index is 0.680. The zero-order valence-electron chi connectivity index (χ0n) is 13.4. The van der Waals surface area contributed by atoms with Gasteiger partial charge in [-0.1, -0.05) is 30.3 Å². The van der Waals surface area contributed by atoms with E-state index in [1.165, 1.54) is 11.3 Å². The molecule has 0 saturated carbocycles. The highest BCUT2D eigenvalue weighted by Gasteiger charge is 2.09. The molecule has 5 nitrogen and oxygen atoms in total. The van der Waals surface area contributed by atoms with Crippen LogP contribution in [-0.4, -0.2) is 25.4 Å². The molecule has 0 bridgehead atoms. The minimum Gasteiger partial charge on any atom is -0.493 e. The van der Waals surface area contributed by atoms with Crippen LogP contribution in [0.5, 0.6) is 11.5 Å². The summed E-state index contributed by atoms with van der Waals surface area (Å²) in [6.45, 7) is 0. The van der Waals surface area contributed by atoms with Crippen LogP contribution in [0.4, 0.5) is 5.13 Å². The van der Waals surface area contributed by atoms with E-state index in [0.717, 1.165) is 22.0 Å². The molecule has 0 amide bonds. The maximum atomic E-state index is 5.33. The fourth-order valence-electron chi connectivity index (χ4n) is 2.15. The van der Waals surface area contributed by atoms with Crippen molar-refractivity contribution < 1.29 is 9.47 Å². The van der Waals surface area contributed by atoms with E-state index in [2.05, 4.69) is 15.5 Å². The van der Waals surface area contributed by atoms with Crippen molar-refractivity contribution in [2.24, 2.45) is 5.10 Å². The fraction of sp³-hybridized carbons (Fsp3) is 0.111. The molecule has 1 heterocycles. The minimum atomic E-state index is 0.680. The number of hydrazone groups is 1. The Balaban J connectivity index is 1.72. The van der Waals surface area contributed by atoms with E-state index < -0.39 is 0 Å². The predicted molar refractivity (Wildman–Crippen MR) is 98.3 cm³/mol. The van der Waals surface area contributed by atoms with Crippen LogP contribution < -0.4 is 14.9 Å². The third-order valence-electron chi connectivity index (χ3n) is 3.36. The zero-order chi connectivity index (χ0) is 16.8. The Morgan fingerprint density at radius 2 is 1.83 bits per heavy atom. The summed E-state index contributed by atoms with van der Waals surface area (Å²) >= 11 is 1.49. The van der Waals surface area contributed by atoms with Gasteiger partial charge in [-0.2, -0.15) is 5.10 Å². The number of aromatic nitrogens is 1. The molecule has 0 spiro atoms. The molecule has 6 heteroatoms. The largest absolute Gasteiger partial charge is 0.493 e. The summed E-state index contributed by atoms with van der Waals surface area (Å²) in [4.78, 5) is 4.54. The van der Waals surface area contributed by atoms with Crippen LogP contribution >= 0.6 is 11.3 Å². The smallest absolute Gasteiger partial charge is 0.203 e. The molecule has 24 heavy (non-hydrogen) atoms. The lowest BCUT2D eigenvalue weighted by molar-refractivity contribution is 0.355. The van der Waals surface area contributed by atoms with E-state index in [4.69, 9.17) is 9.47 Å². The third-order valence-corrected chi connectivity index (χ3v) is 4.10. The first-order valence-electron chi connectivity index (χ1n) is 7.32. The predicted octanol–water partition coefficient (Wildman–Crippen LogP) is 4.27. The van der Waals surface area contributed by atoms with Crippen LogP contribution in [-0.2, 0) is 0 Å². The number of nitrogens with zero attached hydrogens (tertiary/aromatic N) is 2. The van der Waals surface area contributed by atoms with Crippen LogP contribution in [0, 0.1) is 0 Å². The third kappa shape index (κ3) is 3.72. The van der Waals surface area contributed by atoms with Gasteiger partial charge < -0.3 is 9.47 Å². The van der Waals surface area contributed by atoms with E-state index in [9.17, 15) is 0 Å². The van der Waals surface area contributed by atoms with Gasteiger partial charge in [0.15, 0.2) is 11.5 Å². The van der Waals surface area contributed by atoms with Gasteiger partial charge in [0.25, 0.3) is 0 Å². The van der Waals surface area contributed by atoms with Crippen molar-refractivity contribution in [1.82, 2.24) is 4.98 Å². The van der Waals surface area contributed by atoms with E-state index in [-0.39, 0.29) is 0 Å². The number of methoxy groups -OCH3 is 2. The Bertz CT molecular complexity index is 831. The SMILES string of the molecule is COc1ccc(-c2csc(N/N=C\c3ccccc3)n2)cc1OC. The molecular formula is C18H17N3O2S. The number of hydrogen-bond acceptors (Lipinski definition) is 6. The molecule has 0 aliphatic rings. The van der Waals surface area contributed by atoms with E-state index in [1.54, 1.807) is 20.4 Å². The van der Waals surface area contributed by atoms with Crippen LogP contribution in [0.25, 0.3) is 11.3 Å². The zero-order valence-corrected chi connectivity index (χ0v) is 14.2. The molecule has 0 unspecified atom stereocenters. The highest BCUT2D eigenvalue weighted by molar-refractivity contribution is 7.14. The molecule has 3 rings (SSSR count). The number of hydrogen-bond donors (Lipinski definition) is 1. The number of anilines is 1. The van der Waals surface area contributed by atoms with Gasteiger partial charge in [-0.05, 0) is 23.8 Å². The lowest BCUT2D eigenvalue weighted by Crippen LogP contribution is -1.92. The quantitative estimate of drug-likeness (QED) is 0.538. The van der Waals surface area contributed by atoms with Crippen LogP contribution in [0.15, 0.2) is 59.0 Å². The molecule has 0 aliphatic heterocycles. The molecule has 1 aromatic heterocycles. The number of benzene rings is 2. The maximum absolute atomic E-state index is 5.33. The average molecular weight is 339 g/mol. The highest BCUT2D eigenvalue weighted by Crippen LogP contribution is 2.33. The summed E-state index contributed by atoms with van der Waals surface area (Å²) in [6, 6.07) is 15.6. The lowest BCUT2D eigenvalue weighted by atomic mass is 10.1. The second kappa shape index (κ2) is 7.61. The van der Waals surface area contributed by atoms with Gasteiger partial charge in [-0.3, -0.25) is 5.43 Å². The molecule has 2 aromatic carbocycles. The van der Waals surface area contributed by atoms with Crippen molar-refractivity contribution in [2.75, 3.05) is 19.6 Å². The van der Waals surface area contributed by atoms with Crippen molar-refractivity contribution in [1.29, 1.82) is 0 Å². The Labute approximate surface area is 144 Å². The molecule has 1 N–H and O–H groups in total. The first kappa shape index (κ1) is 16.0. The Morgan fingerprint density at radius 1 is 1.04 bits per heavy atom. The molecule has 0 aliphatic carbocycles. The summed E-state index contributed by atoms with van der Waals surface area (Å²) in [5.74, 6) is 1.38. The summed E-state index contributed by atoms with van der Waals surface area (Å²) in [5.41, 5.74) is 5.81. The van der Waals surface area contributed by atoms with Crippen molar-refractivity contribution >= 4 is 22.7 Å². The summed E-state index contributed by atoms with van der Waals surface area (Å²) in [6.07, 6.45) is 1.76. The van der Waals surface area contributed by atoms with Crippen molar-refractivity contribution in [2.45, 2.75) is 0 Å². The first-order chi connectivity index (χ1) is 11.8. The molecule has 3 aromatic rings. The molecule has 0 fully saturated rings. The first-order valence-corrected chi connectivity index (χ1v) is 8.20. The Kier molecular flexibility index (Phi) is 5.08. The molecule has 0 radical (unpaired) electrons. The van der Waals surface area contributed by atoms with E-state index >= 15 is 0 Å². The molecular weight excluding hydrogens is 322 g/mol. The average Bonchev–Trinajstić information content (AvgIpc) is 3.11. The van der Waals surface area contributed by atoms with Gasteiger partial charge in [0, 0.05) is 10.9 Å². The van der Waals surface area contributed by atoms with Gasteiger partial charge in [0.05, 0.1) is 26.1 Å². The molecule has 122 valence electrons. The fourth-order valence-corrected chi connectivity index (χ4v) is 2.82. The normalized spacial score (nSPS) is 10.8. The molecule has 0 atom stereocenters. The van der Waals surface area contributed by atoms with Crippen LogP contribution in [0.3, 0.4) is 0 Å². The lowest BCUT2D eigenvalue weighted by Gasteiger charge is -2.08. The maximum Gasteiger partial charge on any atom is 0.203 e. The monoisotopic (exact) mass is 339 g/mol. The Morgan fingerprint density at radius 3 is 2.58 bits per heavy atom. The second-order valence-electron chi connectivity index (χ2n) is 4.89. The van der Waals surface area contributed by atoms with E-state index in [0.29, 0.717) is 11.5 Å². The number of nitrogens with one attached hydrogen (secondary N) is 1. The highest BCUT2D eigenvalue weighted by atomic mass is 32.1. The summed E-state index contributed by atoms with van der Waals surface area (Å²) in [5, 5.41) is 6.91. The van der Waals surface area contributed by atoms with Gasteiger partial charge >= 0.3 is 0 Å². The standard InChI is InChI=1S/C18H17N3O2S/c1-22-16-9-8-14(10-17(16)23-2)15-12-24-18(20-15)21-19-11-13-6-4-3-5-7-13/h3-12H,1-2H3,(H,20,21)/b19-11-. The van der Waals surface area contributed by atoms with Crippen LogP contribution in [0.2, 0.25) is 0 Å². The summed E-state index contributed by atoms with van der Waals surface area (Å²) in [7, 11) is 3.24. The van der Waals surface area contributed by atoms with Gasteiger partial charge in [-0.15, -0.1) is 11.3 Å². The van der Waals surface area contributed by atoms with Crippen molar-refractivity contribution in [3.63, 3.8) is 0 Å². The van der Waals surface area contributed by atoms with Crippen molar-refractivity contribution in [3.05, 3.63) is 59.5 Å². The van der Waals surface area contributed by atoms with Crippen LogP contribution in [0.1, 0.15) is 5.56 Å². The number of ether oxygens (including phenoxy) is 2. The topological polar surface area (TPSA) is 55.7 Å². The van der Waals surface area contributed by atoms with Gasteiger partial charge in [-0.25, -0.2) is 4.98 Å². The second-order valence-corrected chi connectivity index (χ2v) is 5.75. The molecule has 0 saturated heterocycles. The van der Waals surface area contributed by atoms with Crippen molar-refractivity contribution in [3.8, 4) is 22.8 Å². The Hall–Kier alpha value is -2.86. The van der Waals surface area contributed by atoms with Gasteiger partial charge in [0.2, 0.25) is 5.13 Å². The van der Waals surface area contributed by atoms with E-state index in [1.807, 2.05) is 53.9 Å². The summed E-state index contributed by atoms with van der Waals surface area (Å²) < 4.78 is 10.6.